The Hall–Kier alpha value is -1.37. The molecule has 0 amide bonds. The summed E-state index contributed by atoms with van der Waals surface area (Å²) in [5.41, 5.74) is 1.08. The molecular weight excluding hydrogens is 240 g/mol. The first-order valence-electron chi connectivity index (χ1n) is 4.86. The first kappa shape index (κ1) is 14.6. The van der Waals surface area contributed by atoms with Crippen LogP contribution in [-0.2, 0) is 21.9 Å². The molecule has 1 nitrogen and oxygen atoms in total. The van der Waals surface area contributed by atoms with Crippen molar-refractivity contribution >= 4 is 11.9 Å². The van der Waals surface area contributed by atoms with Crippen LogP contribution in [0.2, 0.25) is 0 Å². The van der Waals surface area contributed by atoms with Crippen molar-refractivity contribution in [3.8, 4) is 0 Å². The summed E-state index contributed by atoms with van der Waals surface area (Å²) < 4.78 is 0. The van der Waals surface area contributed by atoms with Gasteiger partial charge >= 0.3 is 0 Å². The van der Waals surface area contributed by atoms with Crippen LogP contribution in [0.4, 0.5) is 0 Å². The average molecular weight is 254 g/mol. The van der Waals surface area contributed by atoms with Crippen LogP contribution in [0.25, 0.3) is 6.08 Å². The molecule has 0 spiro atoms. The Bertz CT molecular complexity index is 365. The number of carbonyl (C=O) groups is 1. The molecule has 2 heteroatoms. The van der Waals surface area contributed by atoms with E-state index in [2.05, 4.69) is 0 Å². The molecule has 0 aliphatic carbocycles. The van der Waals surface area contributed by atoms with Gasteiger partial charge in [0, 0.05) is 17.1 Å². The van der Waals surface area contributed by atoms with E-state index in [1.54, 1.807) is 13.0 Å². The van der Waals surface area contributed by atoms with Crippen LogP contribution in [0.1, 0.15) is 12.5 Å². The Labute approximate surface area is 107 Å². The summed E-state index contributed by atoms with van der Waals surface area (Å²) in [6.45, 7) is 1.54. The van der Waals surface area contributed by atoms with Crippen LogP contribution < -0.4 is 0 Å². The summed E-state index contributed by atoms with van der Waals surface area (Å²) in [6, 6.07) is 17.8. The Morgan fingerprint density at radius 1 is 1.06 bits per heavy atom. The van der Waals surface area contributed by atoms with E-state index in [4.69, 9.17) is 0 Å². The van der Waals surface area contributed by atoms with Crippen molar-refractivity contribution in [1.29, 1.82) is 0 Å². The van der Waals surface area contributed by atoms with Crippen LogP contribution in [0.15, 0.2) is 60.7 Å². The summed E-state index contributed by atoms with van der Waals surface area (Å²) in [5.74, 6) is 0.0844. The molecule has 0 unspecified atom stereocenters. The van der Waals surface area contributed by atoms with Gasteiger partial charge in [-0.1, -0.05) is 6.08 Å². The molecule has 0 atom stereocenters. The van der Waals surface area contributed by atoms with Crippen molar-refractivity contribution in [2.45, 2.75) is 6.92 Å². The van der Waals surface area contributed by atoms with E-state index < -0.39 is 0 Å². The van der Waals surface area contributed by atoms with Crippen LogP contribution in [-0.4, -0.2) is 5.78 Å². The van der Waals surface area contributed by atoms with Crippen molar-refractivity contribution in [3.63, 3.8) is 0 Å². The minimum absolute atomic E-state index is 0. The number of carbonyl (C=O) groups excluding carboxylic acids is 1. The Kier molecular flexibility index (Phi) is 8.14. The number of allylic oxidation sites excluding steroid dienone is 1. The fourth-order valence-electron chi connectivity index (χ4n) is 1.03. The van der Waals surface area contributed by atoms with Crippen molar-refractivity contribution in [3.05, 3.63) is 66.2 Å². The molecular formula is C14H14FeO-6. The number of hydrogen-bond donors (Lipinski definition) is 0. The molecule has 90 valence electrons. The number of ketones is 1. The molecule has 0 aliphatic heterocycles. The minimum atomic E-state index is 0. The molecule has 0 aliphatic rings. The third kappa shape index (κ3) is 6.99. The van der Waals surface area contributed by atoms with Crippen molar-refractivity contribution in [1.82, 2.24) is 0 Å². The molecule has 2 aromatic rings. The van der Waals surface area contributed by atoms with Gasteiger partial charge in [0.25, 0.3) is 0 Å². The predicted octanol–water partition coefficient (Wildman–Crippen LogP) is 3.41. The van der Waals surface area contributed by atoms with Gasteiger partial charge < -0.3 is 35.1 Å². The summed E-state index contributed by atoms with van der Waals surface area (Å²) in [7, 11) is 0. The normalized spacial score (nSPS) is 9.06. The maximum atomic E-state index is 10.5. The second-order valence-corrected chi connectivity index (χ2v) is 3.12. The Balaban J connectivity index is 0.000000318. The largest absolute Gasteiger partial charge is 0.748 e. The van der Waals surface area contributed by atoms with Crippen LogP contribution in [0.3, 0.4) is 0 Å². The van der Waals surface area contributed by atoms with E-state index in [1.807, 2.05) is 60.7 Å². The van der Waals surface area contributed by atoms with Gasteiger partial charge in [-0.05, 0) is 6.92 Å². The van der Waals surface area contributed by atoms with Gasteiger partial charge in [-0.3, -0.25) is 0 Å². The van der Waals surface area contributed by atoms with Crippen LogP contribution >= 0.6 is 0 Å². The van der Waals surface area contributed by atoms with Crippen molar-refractivity contribution < 1.29 is 21.9 Å². The van der Waals surface area contributed by atoms with Gasteiger partial charge in [-0.15, -0.1) is 23.8 Å². The van der Waals surface area contributed by atoms with E-state index in [1.165, 1.54) is 0 Å². The summed E-state index contributed by atoms with van der Waals surface area (Å²) in [6.07, 6.45) is 3.37. The van der Waals surface area contributed by atoms with E-state index >= 15 is 0 Å². The molecule has 0 heterocycles. The molecule has 0 fully saturated rings. The van der Waals surface area contributed by atoms with Gasteiger partial charge in [-0.2, -0.15) is 12.1 Å². The minimum Gasteiger partial charge on any atom is -0.748 e. The van der Waals surface area contributed by atoms with Crippen LogP contribution in [0.5, 0.6) is 0 Å². The third-order valence-corrected chi connectivity index (χ3v) is 1.75. The zero-order chi connectivity index (χ0) is 10.9. The maximum Gasteiger partial charge on any atom is 0.112 e. The second-order valence-electron chi connectivity index (χ2n) is 3.12. The number of rotatable bonds is 2. The number of hydrogen-bond acceptors (Lipinski definition) is 1. The maximum absolute atomic E-state index is 10.5. The third-order valence-electron chi connectivity index (χ3n) is 1.75. The SMILES string of the molecule is CC(=O)/C=C/[c-]1cccc1.[Fe].[cH-]1[cH-][cH-][cH-][cH-]1. The molecule has 16 heavy (non-hydrogen) atoms. The molecule has 0 saturated heterocycles. The Morgan fingerprint density at radius 3 is 1.88 bits per heavy atom. The molecule has 2 rings (SSSR count). The van der Waals surface area contributed by atoms with Crippen LogP contribution in [0, 0.1) is 0 Å². The molecule has 0 N–H and O–H groups in total. The van der Waals surface area contributed by atoms with E-state index in [9.17, 15) is 4.79 Å². The summed E-state index contributed by atoms with van der Waals surface area (Å²) in [5, 5.41) is 0. The molecule has 0 bridgehead atoms. The fraction of sp³-hybridized carbons (Fsp3) is 0.0714. The van der Waals surface area contributed by atoms with Crippen molar-refractivity contribution in [2.24, 2.45) is 0 Å². The van der Waals surface area contributed by atoms with E-state index in [0.29, 0.717) is 0 Å². The summed E-state index contributed by atoms with van der Waals surface area (Å²) >= 11 is 0. The van der Waals surface area contributed by atoms with E-state index in [-0.39, 0.29) is 22.9 Å². The second kappa shape index (κ2) is 8.90. The first-order chi connectivity index (χ1) is 7.29. The van der Waals surface area contributed by atoms with Gasteiger partial charge in [0.05, 0.1) is 0 Å². The van der Waals surface area contributed by atoms with Gasteiger partial charge in [0.1, 0.15) is 5.78 Å². The first-order valence-corrected chi connectivity index (χ1v) is 4.86. The predicted molar refractivity (Wildman–Crippen MR) is 63.8 cm³/mol. The quantitative estimate of drug-likeness (QED) is 0.456. The molecule has 0 saturated carbocycles. The molecule has 0 radical (unpaired) electrons. The monoisotopic (exact) mass is 254 g/mol. The van der Waals surface area contributed by atoms with Gasteiger partial charge in [0.2, 0.25) is 0 Å². The zero-order valence-electron chi connectivity index (χ0n) is 9.11. The van der Waals surface area contributed by atoms with Gasteiger partial charge in [0.15, 0.2) is 0 Å². The standard InChI is InChI=1S/C9H9O.C5H5.Fe/c1-8(10)6-7-9-4-2-3-5-9;1-2-4-5-3-1;/h2-7H,1H3;1-5H;/q-1;-5;/b7-6+;;. The van der Waals surface area contributed by atoms with Crippen molar-refractivity contribution in [2.75, 3.05) is 0 Å². The fourth-order valence-corrected chi connectivity index (χ4v) is 1.03. The zero-order valence-corrected chi connectivity index (χ0v) is 10.2. The van der Waals surface area contributed by atoms with E-state index in [0.717, 1.165) is 5.56 Å². The molecule has 0 aromatic heterocycles. The average Bonchev–Trinajstić information content (AvgIpc) is 2.91. The molecule has 2 aromatic carbocycles. The summed E-state index contributed by atoms with van der Waals surface area (Å²) in [4.78, 5) is 10.5. The Morgan fingerprint density at radius 2 is 1.50 bits per heavy atom. The van der Waals surface area contributed by atoms with Gasteiger partial charge in [-0.25, -0.2) is 0 Å². The smallest absolute Gasteiger partial charge is 0.112 e. The topological polar surface area (TPSA) is 17.1 Å².